The third-order valence-electron chi connectivity index (χ3n) is 4.78. The van der Waals surface area contributed by atoms with Gasteiger partial charge in [0.25, 0.3) is 5.56 Å². The van der Waals surface area contributed by atoms with Crippen molar-refractivity contribution in [2.75, 3.05) is 0 Å². The van der Waals surface area contributed by atoms with E-state index < -0.39 is 5.82 Å². The third-order valence-corrected chi connectivity index (χ3v) is 5.07. The van der Waals surface area contributed by atoms with Crippen LogP contribution in [0, 0.1) is 12.7 Å². The van der Waals surface area contributed by atoms with Crippen LogP contribution in [0.15, 0.2) is 76.3 Å². The number of benzene rings is 2. The molecule has 0 spiro atoms. The maximum atomic E-state index is 13.7. The number of aryl methyl sites for hydroxylation is 1. The lowest BCUT2D eigenvalue weighted by atomic mass is 10.2. The topological polar surface area (TPSA) is 65.8 Å². The molecule has 0 radical (unpaired) electrons. The van der Waals surface area contributed by atoms with Gasteiger partial charge in [0.2, 0.25) is 0 Å². The molecule has 0 N–H and O–H groups in total. The fourth-order valence-electron chi connectivity index (χ4n) is 3.28. The van der Waals surface area contributed by atoms with E-state index in [-0.39, 0.29) is 16.4 Å². The second kappa shape index (κ2) is 6.96. The minimum Gasteiger partial charge on any atom is -0.461 e. The first-order valence-corrected chi connectivity index (χ1v) is 9.48. The van der Waals surface area contributed by atoms with Crippen molar-refractivity contribution in [2.45, 2.75) is 6.92 Å². The van der Waals surface area contributed by atoms with Gasteiger partial charge in [-0.15, -0.1) is 0 Å². The van der Waals surface area contributed by atoms with Gasteiger partial charge in [-0.3, -0.25) is 9.36 Å². The van der Waals surface area contributed by atoms with E-state index >= 15 is 0 Å². The maximum Gasteiger partial charge on any atom is 0.269 e. The minimum atomic E-state index is -0.575. The van der Waals surface area contributed by atoms with Gasteiger partial charge in [-0.25, -0.2) is 14.1 Å². The molecule has 0 aliphatic heterocycles. The third kappa shape index (κ3) is 2.91. The number of halogens is 2. The summed E-state index contributed by atoms with van der Waals surface area (Å²) in [5, 5.41) is 4.58. The zero-order valence-corrected chi connectivity index (χ0v) is 16.5. The summed E-state index contributed by atoms with van der Waals surface area (Å²) in [5.74, 6) is 0.0642. The molecule has 0 aliphatic carbocycles. The summed E-state index contributed by atoms with van der Waals surface area (Å²) in [6.07, 6.45) is 2.96. The van der Waals surface area contributed by atoms with Crippen molar-refractivity contribution in [3.63, 3.8) is 0 Å². The van der Waals surface area contributed by atoms with Crippen molar-refractivity contribution in [1.29, 1.82) is 0 Å². The molecule has 6 nitrogen and oxygen atoms in total. The largest absolute Gasteiger partial charge is 0.461 e. The van der Waals surface area contributed by atoms with Crippen LogP contribution in [0.1, 0.15) is 5.56 Å². The molecular formula is C22H14ClFN4O2. The molecule has 0 fully saturated rings. The monoisotopic (exact) mass is 420 g/mol. The second-order valence-electron chi connectivity index (χ2n) is 6.78. The van der Waals surface area contributed by atoms with E-state index in [1.165, 1.54) is 35.2 Å². The van der Waals surface area contributed by atoms with E-state index in [9.17, 15) is 9.18 Å². The molecule has 0 saturated heterocycles. The first-order valence-electron chi connectivity index (χ1n) is 9.10. The standard InChI is InChI=1S/C22H14ClFN4O2/c1-13-4-6-14(7-5-13)28-20-16(12-25-28)22(29)27(15-8-9-18(24)17(23)11-15)21(26-20)19-3-2-10-30-19/h2-12H,1H3. The van der Waals surface area contributed by atoms with Gasteiger partial charge in [-0.2, -0.15) is 5.10 Å². The molecule has 0 aliphatic rings. The van der Waals surface area contributed by atoms with Crippen LogP contribution in [-0.2, 0) is 0 Å². The van der Waals surface area contributed by atoms with Gasteiger partial charge in [-0.1, -0.05) is 29.3 Å². The Labute approximate surface area is 174 Å². The summed E-state index contributed by atoms with van der Waals surface area (Å²) in [6.45, 7) is 1.99. The van der Waals surface area contributed by atoms with E-state index in [2.05, 4.69) is 5.10 Å². The number of hydrogen-bond donors (Lipinski definition) is 0. The summed E-state index contributed by atoms with van der Waals surface area (Å²) in [6, 6.07) is 15.2. The molecule has 2 aromatic carbocycles. The number of aromatic nitrogens is 4. The molecule has 3 aromatic heterocycles. The van der Waals surface area contributed by atoms with Crippen LogP contribution >= 0.6 is 11.6 Å². The Bertz CT molecular complexity index is 1440. The fraction of sp³-hybridized carbons (Fsp3) is 0.0455. The van der Waals surface area contributed by atoms with Crippen LogP contribution in [-0.4, -0.2) is 19.3 Å². The lowest BCUT2D eigenvalue weighted by molar-refractivity contribution is 0.574. The van der Waals surface area contributed by atoms with E-state index in [1.807, 2.05) is 31.2 Å². The van der Waals surface area contributed by atoms with Crippen molar-refractivity contribution in [3.05, 3.63) is 93.8 Å². The van der Waals surface area contributed by atoms with Crippen molar-refractivity contribution >= 4 is 22.6 Å². The highest BCUT2D eigenvalue weighted by Crippen LogP contribution is 2.26. The van der Waals surface area contributed by atoms with E-state index in [1.54, 1.807) is 16.8 Å². The van der Waals surface area contributed by atoms with Crippen molar-refractivity contribution in [3.8, 4) is 23.0 Å². The van der Waals surface area contributed by atoms with E-state index in [0.717, 1.165) is 11.3 Å². The van der Waals surface area contributed by atoms with Crippen LogP contribution in [0.5, 0.6) is 0 Å². The maximum absolute atomic E-state index is 13.7. The summed E-state index contributed by atoms with van der Waals surface area (Å²) in [7, 11) is 0. The molecule has 3 heterocycles. The Morgan fingerprint density at radius 1 is 1.07 bits per heavy atom. The van der Waals surface area contributed by atoms with Gasteiger partial charge in [0, 0.05) is 0 Å². The molecular weight excluding hydrogens is 407 g/mol. The average molecular weight is 421 g/mol. The zero-order chi connectivity index (χ0) is 20.8. The van der Waals surface area contributed by atoms with Gasteiger partial charge in [0.15, 0.2) is 17.2 Å². The number of rotatable bonds is 3. The SMILES string of the molecule is Cc1ccc(-n2ncc3c(=O)n(-c4ccc(F)c(Cl)c4)c(-c4ccco4)nc32)cc1. The summed E-state index contributed by atoms with van der Waals surface area (Å²) in [5.41, 5.74) is 2.27. The highest BCUT2D eigenvalue weighted by atomic mass is 35.5. The Morgan fingerprint density at radius 3 is 2.53 bits per heavy atom. The molecule has 0 unspecified atom stereocenters. The highest BCUT2D eigenvalue weighted by Gasteiger charge is 2.20. The average Bonchev–Trinajstić information content (AvgIpc) is 3.41. The number of fused-ring (bicyclic) bond motifs is 1. The highest BCUT2D eigenvalue weighted by molar-refractivity contribution is 6.30. The second-order valence-corrected chi connectivity index (χ2v) is 7.19. The molecule has 8 heteroatoms. The van der Waals surface area contributed by atoms with Crippen LogP contribution in [0.3, 0.4) is 0 Å². The smallest absolute Gasteiger partial charge is 0.269 e. The normalized spacial score (nSPS) is 11.3. The van der Waals surface area contributed by atoms with Crippen LogP contribution in [0.25, 0.3) is 34.0 Å². The first-order chi connectivity index (χ1) is 14.5. The van der Waals surface area contributed by atoms with Gasteiger partial charge in [0.05, 0.1) is 28.9 Å². The molecule has 5 rings (SSSR count). The minimum absolute atomic E-state index is 0.0970. The molecule has 30 heavy (non-hydrogen) atoms. The van der Waals surface area contributed by atoms with Crippen LogP contribution in [0.4, 0.5) is 4.39 Å². The Hall–Kier alpha value is -3.71. The van der Waals surface area contributed by atoms with Crippen LogP contribution in [0.2, 0.25) is 5.02 Å². The molecule has 0 atom stereocenters. The van der Waals surface area contributed by atoms with E-state index in [4.69, 9.17) is 21.0 Å². The lowest BCUT2D eigenvalue weighted by Gasteiger charge is -2.12. The molecule has 148 valence electrons. The van der Waals surface area contributed by atoms with E-state index in [0.29, 0.717) is 22.5 Å². The van der Waals surface area contributed by atoms with Crippen molar-refractivity contribution in [1.82, 2.24) is 19.3 Å². The first kappa shape index (κ1) is 18.3. The molecule has 0 bridgehead atoms. The van der Waals surface area contributed by atoms with Crippen molar-refractivity contribution in [2.24, 2.45) is 0 Å². The van der Waals surface area contributed by atoms with Crippen molar-refractivity contribution < 1.29 is 8.81 Å². The fourth-order valence-corrected chi connectivity index (χ4v) is 3.45. The van der Waals surface area contributed by atoms with Gasteiger partial charge < -0.3 is 4.42 Å². The number of hydrogen-bond acceptors (Lipinski definition) is 4. The quantitative estimate of drug-likeness (QED) is 0.415. The molecule has 0 amide bonds. The Balaban J connectivity index is 1.83. The number of furan rings is 1. The van der Waals surface area contributed by atoms with Gasteiger partial charge in [-0.05, 0) is 49.4 Å². The lowest BCUT2D eigenvalue weighted by Crippen LogP contribution is -2.22. The predicted molar refractivity (Wildman–Crippen MR) is 112 cm³/mol. The Morgan fingerprint density at radius 2 is 1.83 bits per heavy atom. The summed E-state index contributed by atoms with van der Waals surface area (Å²) in [4.78, 5) is 18.1. The zero-order valence-electron chi connectivity index (χ0n) is 15.7. The molecule has 0 saturated carbocycles. The number of nitrogens with zero attached hydrogens (tertiary/aromatic N) is 4. The Kier molecular flexibility index (Phi) is 4.25. The van der Waals surface area contributed by atoms with Gasteiger partial charge in [0.1, 0.15) is 11.2 Å². The van der Waals surface area contributed by atoms with Crippen LogP contribution < -0.4 is 5.56 Å². The predicted octanol–water partition coefficient (Wildman–Crippen LogP) is 4.93. The molecule has 5 aromatic rings. The summed E-state index contributed by atoms with van der Waals surface area (Å²) >= 11 is 5.96. The summed E-state index contributed by atoms with van der Waals surface area (Å²) < 4.78 is 22.2. The van der Waals surface area contributed by atoms with Gasteiger partial charge >= 0.3 is 0 Å².